The number of rotatable bonds is 4. The smallest absolute Gasteiger partial charge is 0.145 e. The van der Waals surface area contributed by atoms with Crippen LogP contribution in [0.3, 0.4) is 0 Å². The maximum absolute atomic E-state index is 5.77. The number of fused-ring (bicyclic) bond motifs is 1. The second-order valence-electron chi connectivity index (χ2n) is 4.34. The molecule has 0 atom stereocenters. The van der Waals surface area contributed by atoms with E-state index < -0.39 is 0 Å². The van der Waals surface area contributed by atoms with Crippen LogP contribution >= 0.6 is 0 Å². The van der Waals surface area contributed by atoms with Gasteiger partial charge < -0.3 is 10.5 Å². The van der Waals surface area contributed by atoms with Crippen molar-refractivity contribution in [2.24, 2.45) is 5.73 Å². The summed E-state index contributed by atoms with van der Waals surface area (Å²) in [5, 5.41) is 1.10. The molecule has 0 unspecified atom stereocenters. The third-order valence-electron chi connectivity index (χ3n) is 2.50. The maximum Gasteiger partial charge on any atom is 0.145 e. The molecule has 0 radical (unpaired) electrons. The van der Waals surface area contributed by atoms with E-state index >= 15 is 0 Å². The van der Waals surface area contributed by atoms with Crippen LogP contribution in [0.5, 0.6) is 5.75 Å². The van der Waals surface area contributed by atoms with E-state index in [4.69, 9.17) is 10.5 Å². The van der Waals surface area contributed by atoms with Crippen LogP contribution in [0.25, 0.3) is 10.9 Å². The Labute approximate surface area is 102 Å². The molecule has 0 aliphatic rings. The molecule has 3 heteroatoms. The van der Waals surface area contributed by atoms with Crippen LogP contribution in [0.4, 0.5) is 0 Å². The van der Waals surface area contributed by atoms with Crippen LogP contribution in [0.15, 0.2) is 30.3 Å². The molecule has 3 nitrogen and oxygen atoms in total. The van der Waals surface area contributed by atoms with Crippen molar-refractivity contribution in [3.63, 3.8) is 0 Å². The predicted molar refractivity (Wildman–Crippen MR) is 70.3 cm³/mol. The van der Waals surface area contributed by atoms with Gasteiger partial charge in [-0.2, -0.15) is 0 Å². The number of aromatic nitrogens is 1. The summed E-state index contributed by atoms with van der Waals surface area (Å²) >= 11 is 0. The minimum atomic E-state index is 0.153. The van der Waals surface area contributed by atoms with Gasteiger partial charge in [-0.3, -0.25) is 0 Å². The molecule has 0 spiro atoms. The minimum Gasteiger partial charge on any atom is -0.489 e. The Balaban J connectivity index is 2.47. The van der Waals surface area contributed by atoms with E-state index in [1.807, 2.05) is 38.1 Å². The van der Waals surface area contributed by atoms with Gasteiger partial charge in [-0.05, 0) is 32.5 Å². The van der Waals surface area contributed by atoms with Crippen molar-refractivity contribution >= 4 is 10.9 Å². The summed E-state index contributed by atoms with van der Waals surface area (Å²) in [4.78, 5) is 4.61. The highest BCUT2D eigenvalue weighted by Gasteiger charge is 2.06. The van der Waals surface area contributed by atoms with Gasteiger partial charge in [-0.15, -0.1) is 0 Å². The van der Waals surface area contributed by atoms with E-state index in [1.165, 1.54) is 0 Å². The third kappa shape index (κ3) is 2.74. The van der Waals surface area contributed by atoms with E-state index in [0.29, 0.717) is 6.54 Å². The van der Waals surface area contributed by atoms with Crippen molar-refractivity contribution in [3.05, 3.63) is 36.0 Å². The molecule has 0 amide bonds. The zero-order valence-electron chi connectivity index (χ0n) is 10.3. The molecule has 90 valence electrons. The topological polar surface area (TPSA) is 48.1 Å². The normalized spacial score (nSPS) is 11.1. The van der Waals surface area contributed by atoms with E-state index in [-0.39, 0.29) is 6.10 Å². The molecule has 0 aliphatic heterocycles. The van der Waals surface area contributed by atoms with Crippen LogP contribution in [0, 0.1) is 0 Å². The Bertz CT molecular complexity index is 509. The average Bonchev–Trinajstić information content (AvgIpc) is 2.29. The van der Waals surface area contributed by atoms with Crippen molar-refractivity contribution in [2.45, 2.75) is 26.4 Å². The summed E-state index contributed by atoms with van der Waals surface area (Å²) in [5.41, 5.74) is 7.49. The lowest BCUT2D eigenvalue weighted by atomic mass is 10.1. The van der Waals surface area contributed by atoms with Gasteiger partial charge in [0.25, 0.3) is 0 Å². The third-order valence-corrected chi connectivity index (χ3v) is 2.50. The minimum absolute atomic E-state index is 0.153. The number of pyridine rings is 1. The zero-order valence-corrected chi connectivity index (χ0v) is 10.3. The summed E-state index contributed by atoms with van der Waals surface area (Å²) in [6.45, 7) is 4.65. The lowest BCUT2D eigenvalue weighted by Gasteiger charge is -2.12. The summed E-state index contributed by atoms with van der Waals surface area (Å²) in [6, 6.07) is 10.1. The first-order valence-electron chi connectivity index (χ1n) is 5.96. The van der Waals surface area contributed by atoms with Gasteiger partial charge >= 0.3 is 0 Å². The molecule has 0 fully saturated rings. The first kappa shape index (κ1) is 11.9. The molecule has 17 heavy (non-hydrogen) atoms. The average molecular weight is 230 g/mol. The Morgan fingerprint density at radius 2 is 2.06 bits per heavy atom. The first-order chi connectivity index (χ1) is 8.20. The fourth-order valence-electron chi connectivity index (χ4n) is 1.80. The largest absolute Gasteiger partial charge is 0.489 e. The standard InChI is InChI=1S/C14H18N2O/c1-10(2)17-13-5-3-4-11-6-7-12(8-9-15)16-14(11)13/h3-7,10H,8-9,15H2,1-2H3. The fourth-order valence-corrected chi connectivity index (χ4v) is 1.80. The highest BCUT2D eigenvalue weighted by Crippen LogP contribution is 2.24. The highest BCUT2D eigenvalue weighted by molar-refractivity contribution is 5.84. The van der Waals surface area contributed by atoms with Crippen molar-refractivity contribution in [3.8, 4) is 5.75 Å². The molecule has 0 aliphatic carbocycles. The predicted octanol–water partition coefficient (Wildman–Crippen LogP) is 2.52. The van der Waals surface area contributed by atoms with Crippen molar-refractivity contribution in [1.82, 2.24) is 4.98 Å². The van der Waals surface area contributed by atoms with E-state index in [0.717, 1.165) is 28.8 Å². The molecule has 1 aromatic carbocycles. The number of hydrogen-bond acceptors (Lipinski definition) is 3. The molecule has 2 aromatic rings. The van der Waals surface area contributed by atoms with Gasteiger partial charge in [0.05, 0.1) is 6.10 Å². The second kappa shape index (κ2) is 5.15. The first-order valence-corrected chi connectivity index (χ1v) is 5.96. The Hall–Kier alpha value is -1.61. The van der Waals surface area contributed by atoms with Crippen LogP contribution in [-0.4, -0.2) is 17.6 Å². The molecule has 0 saturated carbocycles. The van der Waals surface area contributed by atoms with Gasteiger partial charge in [0.1, 0.15) is 11.3 Å². The number of ether oxygens (including phenoxy) is 1. The number of benzene rings is 1. The van der Waals surface area contributed by atoms with Gasteiger partial charge in [0.15, 0.2) is 0 Å². The van der Waals surface area contributed by atoms with Crippen LogP contribution in [-0.2, 0) is 6.42 Å². The van der Waals surface area contributed by atoms with E-state index in [1.54, 1.807) is 0 Å². The molecule has 0 bridgehead atoms. The molecule has 2 rings (SSSR count). The van der Waals surface area contributed by atoms with Gasteiger partial charge in [-0.1, -0.05) is 18.2 Å². The van der Waals surface area contributed by atoms with Crippen molar-refractivity contribution in [2.75, 3.05) is 6.54 Å². The highest BCUT2D eigenvalue weighted by atomic mass is 16.5. The lowest BCUT2D eigenvalue weighted by molar-refractivity contribution is 0.245. The summed E-state index contributed by atoms with van der Waals surface area (Å²) < 4.78 is 5.77. The molecular weight excluding hydrogens is 212 g/mol. The lowest BCUT2D eigenvalue weighted by Crippen LogP contribution is -2.07. The van der Waals surface area contributed by atoms with Crippen molar-refractivity contribution in [1.29, 1.82) is 0 Å². The van der Waals surface area contributed by atoms with E-state index in [9.17, 15) is 0 Å². The van der Waals surface area contributed by atoms with Gasteiger partial charge in [0, 0.05) is 17.5 Å². The molecule has 1 heterocycles. The van der Waals surface area contributed by atoms with Crippen LogP contribution in [0.2, 0.25) is 0 Å². The quantitative estimate of drug-likeness (QED) is 0.878. The van der Waals surface area contributed by atoms with E-state index in [2.05, 4.69) is 11.1 Å². The number of para-hydroxylation sites is 1. The summed E-state index contributed by atoms with van der Waals surface area (Å²) in [7, 11) is 0. The number of nitrogens with zero attached hydrogens (tertiary/aromatic N) is 1. The van der Waals surface area contributed by atoms with Crippen LogP contribution in [0.1, 0.15) is 19.5 Å². The molecular formula is C14H18N2O. The second-order valence-corrected chi connectivity index (χ2v) is 4.34. The molecule has 1 aromatic heterocycles. The zero-order chi connectivity index (χ0) is 12.3. The Kier molecular flexibility index (Phi) is 3.59. The Morgan fingerprint density at radius 3 is 2.76 bits per heavy atom. The summed E-state index contributed by atoms with van der Waals surface area (Å²) in [6.07, 6.45) is 0.951. The van der Waals surface area contributed by atoms with Gasteiger partial charge in [-0.25, -0.2) is 4.98 Å². The SMILES string of the molecule is CC(C)Oc1cccc2ccc(CCN)nc12. The molecule has 0 saturated heterocycles. The van der Waals surface area contributed by atoms with Crippen LogP contribution < -0.4 is 10.5 Å². The maximum atomic E-state index is 5.77. The number of hydrogen-bond donors (Lipinski definition) is 1. The van der Waals surface area contributed by atoms with Crippen molar-refractivity contribution < 1.29 is 4.74 Å². The molecule has 2 N–H and O–H groups in total. The fraction of sp³-hybridized carbons (Fsp3) is 0.357. The summed E-state index contributed by atoms with van der Waals surface area (Å²) in [5.74, 6) is 0.844. The van der Waals surface area contributed by atoms with Gasteiger partial charge in [0.2, 0.25) is 0 Å². The number of nitrogens with two attached hydrogens (primary N) is 1. The Morgan fingerprint density at radius 1 is 1.24 bits per heavy atom. The monoisotopic (exact) mass is 230 g/mol.